The van der Waals surface area contributed by atoms with Crippen LogP contribution in [0.4, 0.5) is 0 Å². The smallest absolute Gasteiger partial charge is 0.180 e. The zero-order valence-electron chi connectivity index (χ0n) is 10.0. The Kier molecular flexibility index (Phi) is 3.76. The molecule has 0 radical (unpaired) electrons. The molecule has 0 spiro atoms. The molecule has 2 aromatic rings. The first-order valence-electron chi connectivity index (χ1n) is 5.46. The van der Waals surface area contributed by atoms with Crippen molar-refractivity contribution in [3.63, 3.8) is 0 Å². The minimum Gasteiger partial charge on any atom is -0.240 e. The summed E-state index contributed by atoms with van der Waals surface area (Å²) in [5.74, 6) is 0. The Morgan fingerprint density at radius 1 is 1.22 bits per heavy atom. The Morgan fingerprint density at radius 2 is 1.83 bits per heavy atom. The Bertz CT molecular complexity index is 645. The number of rotatable bonds is 3. The predicted octanol–water partition coefficient (Wildman–Crippen LogP) is 2.66. The van der Waals surface area contributed by atoms with Crippen molar-refractivity contribution >= 4 is 32.4 Å². The molecule has 1 aromatic carbocycles. The molecule has 0 atom stereocenters. The van der Waals surface area contributed by atoms with Gasteiger partial charge in [0.05, 0.1) is 25.6 Å². The van der Waals surface area contributed by atoms with Crippen LogP contribution in [0.2, 0.25) is 0 Å². The van der Waals surface area contributed by atoms with E-state index < -0.39 is 15.1 Å². The van der Waals surface area contributed by atoms with Gasteiger partial charge in [0.2, 0.25) is 0 Å². The molecule has 0 fully saturated rings. The van der Waals surface area contributed by atoms with Gasteiger partial charge in [-0.05, 0) is 60.7 Å². The maximum absolute atomic E-state index is 12.0. The van der Waals surface area contributed by atoms with Gasteiger partial charge < -0.3 is 0 Å². The fourth-order valence-electron chi connectivity index (χ4n) is 1.50. The lowest BCUT2D eigenvalue weighted by Gasteiger charge is -2.08. The SMILES string of the molecule is CC(C)S(=O)(=O)c1ccc(-n2cc(I)cn2)cc1. The van der Waals surface area contributed by atoms with Crippen molar-refractivity contribution in [3.8, 4) is 5.69 Å². The van der Waals surface area contributed by atoms with Gasteiger partial charge in [0.15, 0.2) is 9.84 Å². The van der Waals surface area contributed by atoms with Crippen molar-refractivity contribution < 1.29 is 8.42 Å². The van der Waals surface area contributed by atoms with E-state index in [1.54, 1.807) is 49.0 Å². The van der Waals surface area contributed by atoms with Crippen LogP contribution in [0.3, 0.4) is 0 Å². The van der Waals surface area contributed by atoms with E-state index in [0.717, 1.165) is 9.26 Å². The number of aromatic nitrogens is 2. The Balaban J connectivity index is 2.37. The van der Waals surface area contributed by atoms with Gasteiger partial charge in [-0.3, -0.25) is 0 Å². The number of hydrogen-bond donors (Lipinski definition) is 0. The van der Waals surface area contributed by atoms with Crippen molar-refractivity contribution in [3.05, 3.63) is 40.2 Å². The van der Waals surface area contributed by atoms with Crippen molar-refractivity contribution in [2.75, 3.05) is 0 Å². The Hall–Kier alpha value is -0.890. The van der Waals surface area contributed by atoms with Crippen LogP contribution in [-0.2, 0) is 9.84 Å². The summed E-state index contributed by atoms with van der Waals surface area (Å²) in [6, 6.07) is 6.77. The second-order valence-electron chi connectivity index (χ2n) is 4.19. The van der Waals surface area contributed by atoms with Gasteiger partial charge in [-0.15, -0.1) is 0 Å². The highest BCUT2D eigenvalue weighted by Crippen LogP contribution is 2.18. The molecular weight excluding hydrogens is 363 g/mol. The highest BCUT2D eigenvalue weighted by molar-refractivity contribution is 14.1. The molecule has 1 aromatic heterocycles. The highest BCUT2D eigenvalue weighted by Gasteiger charge is 2.18. The van der Waals surface area contributed by atoms with Gasteiger partial charge in [0, 0.05) is 6.20 Å². The van der Waals surface area contributed by atoms with Crippen molar-refractivity contribution in [2.45, 2.75) is 24.0 Å². The van der Waals surface area contributed by atoms with Crippen LogP contribution >= 0.6 is 22.6 Å². The molecule has 0 amide bonds. The number of halogens is 1. The first kappa shape index (κ1) is 13.5. The lowest BCUT2D eigenvalue weighted by Crippen LogP contribution is -2.13. The molecule has 1 heterocycles. The van der Waals surface area contributed by atoms with E-state index in [4.69, 9.17) is 0 Å². The topological polar surface area (TPSA) is 52.0 Å². The highest BCUT2D eigenvalue weighted by atomic mass is 127. The van der Waals surface area contributed by atoms with E-state index in [0.29, 0.717) is 4.90 Å². The van der Waals surface area contributed by atoms with Gasteiger partial charge in [-0.1, -0.05) is 0 Å². The minimum atomic E-state index is -3.20. The first-order chi connectivity index (χ1) is 8.41. The molecule has 4 nitrogen and oxygen atoms in total. The van der Waals surface area contributed by atoms with E-state index in [-0.39, 0.29) is 0 Å². The van der Waals surface area contributed by atoms with Crippen molar-refractivity contribution in [1.82, 2.24) is 9.78 Å². The lowest BCUT2D eigenvalue weighted by atomic mass is 10.3. The fraction of sp³-hybridized carbons (Fsp3) is 0.250. The fourth-order valence-corrected chi connectivity index (χ4v) is 2.95. The van der Waals surface area contributed by atoms with Crippen LogP contribution in [0, 0.1) is 3.57 Å². The second kappa shape index (κ2) is 5.00. The Morgan fingerprint density at radius 3 is 2.28 bits per heavy atom. The maximum atomic E-state index is 12.0. The molecule has 0 unspecified atom stereocenters. The largest absolute Gasteiger partial charge is 0.240 e. The van der Waals surface area contributed by atoms with Crippen LogP contribution in [0.5, 0.6) is 0 Å². The summed E-state index contributed by atoms with van der Waals surface area (Å²) < 4.78 is 26.7. The summed E-state index contributed by atoms with van der Waals surface area (Å²) >= 11 is 2.18. The average Bonchev–Trinajstić information content (AvgIpc) is 2.76. The minimum absolute atomic E-state index is 0.350. The molecule has 2 rings (SSSR count). The zero-order chi connectivity index (χ0) is 13.3. The maximum Gasteiger partial charge on any atom is 0.180 e. The van der Waals surface area contributed by atoms with E-state index in [2.05, 4.69) is 27.7 Å². The summed E-state index contributed by atoms with van der Waals surface area (Å²) in [4.78, 5) is 0.350. The zero-order valence-corrected chi connectivity index (χ0v) is 13.0. The quantitative estimate of drug-likeness (QED) is 0.774. The Labute approximate surface area is 120 Å². The van der Waals surface area contributed by atoms with Crippen molar-refractivity contribution in [2.24, 2.45) is 0 Å². The molecule has 0 aliphatic heterocycles. The molecule has 0 N–H and O–H groups in total. The summed E-state index contributed by atoms with van der Waals surface area (Å²) in [7, 11) is -3.20. The van der Waals surface area contributed by atoms with E-state index in [9.17, 15) is 8.42 Å². The van der Waals surface area contributed by atoms with E-state index in [1.165, 1.54) is 0 Å². The molecule has 0 aliphatic carbocycles. The monoisotopic (exact) mass is 376 g/mol. The van der Waals surface area contributed by atoms with Gasteiger partial charge in [0.25, 0.3) is 0 Å². The third-order valence-corrected chi connectivity index (χ3v) is 5.33. The van der Waals surface area contributed by atoms with Gasteiger partial charge >= 0.3 is 0 Å². The van der Waals surface area contributed by atoms with E-state index >= 15 is 0 Å². The summed E-state index contributed by atoms with van der Waals surface area (Å²) in [5, 5.41) is 3.76. The van der Waals surface area contributed by atoms with Gasteiger partial charge in [-0.2, -0.15) is 5.10 Å². The molecule has 6 heteroatoms. The van der Waals surface area contributed by atoms with E-state index in [1.807, 2.05) is 6.20 Å². The molecule has 18 heavy (non-hydrogen) atoms. The average molecular weight is 376 g/mol. The van der Waals surface area contributed by atoms with Crippen molar-refractivity contribution in [1.29, 1.82) is 0 Å². The van der Waals surface area contributed by atoms with Gasteiger partial charge in [-0.25, -0.2) is 13.1 Å². The molecule has 0 saturated carbocycles. The lowest BCUT2D eigenvalue weighted by molar-refractivity contribution is 0.587. The number of hydrogen-bond acceptors (Lipinski definition) is 3. The standard InChI is InChI=1S/C12H13IN2O2S/c1-9(2)18(16,17)12-5-3-11(4-6-12)15-8-10(13)7-14-15/h3-9H,1-2H3. The molecular formula is C12H13IN2O2S. The molecule has 0 aliphatic rings. The number of benzene rings is 1. The molecule has 96 valence electrons. The van der Waals surface area contributed by atoms with Crippen LogP contribution < -0.4 is 0 Å². The summed E-state index contributed by atoms with van der Waals surface area (Å²) in [5.41, 5.74) is 0.848. The van der Waals surface area contributed by atoms with Crippen LogP contribution in [0.1, 0.15) is 13.8 Å². The third kappa shape index (κ3) is 2.59. The third-order valence-electron chi connectivity index (χ3n) is 2.60. The number of sulfone groups is 1. The first-order valence-corrected chi connectivity index (χ1v) is 8.08. The predicted molar refractivity (Wildman–Crippen MR) is 78.6 cm³/mol. The second-order valence-corrected chi connectivity index (χ2v) is 7.94. The molecule has 0 saturated heterocycles. The van der Waals surface area contributed by atoms with Gasteiger partial charge in [0.1, 0.15) is 0 Å². The van der Waals surface area contributed by atoms with Crippen LogP contribution in [0.15, 0.2) is 41.6 Å². The molecule has 0 bridgehead atoms. The van der Waals surface area contributed by atoms with Crippen LogP contribution in [0.25, 0.3) is 5.69 Å². The normalized spacial score (nSPS) is 12.0. The summed E-state index contributed by atoms with van der Waals surface area (Å²) in [6.45, 7) is 3.36. The summed E-state index contributed by atoms with van der Waals surface area (Å²) in [6.07, 6.45) is 3.63. The number of nitrogens with zero attached hydrogens (tertiary/aromatic N) is 2. The van der Waals surface area contributed by atoms with Crippen LogP contribution in [-0.4, -0.2) is 23.4 Å².